The van der Waals surface area contributed by atoms with Crippen LogP contribution >= 0.6 is 11.3 Å². The molecule has 0 aliphatic carbocycles. The molecule has 0 unspecified atom stereocenters. The van der Waals surface area contributed by atoms with Gasteiger partial charge in [-0.15, -0.1) is 10.2 Å². The Hall–Kier alpha value is -3.46. The number of aryl methyl sites for hydroxylation is 1. The first kappa shape index (κ1) is 22.2. The van der Waals surface area contributed by atoms with Crippen molar-refractivity contribution in [2.75, 3.05) is 19.5 Å². The van der Waals surface area contributed by atoms with Crippen molar-refractivity contribution in [3.63, 3.8) is 0 Å². The lowest BCUT2D eigenvalue weighted by atomic mass is 10.1. The highest BCUT2D eigenvalue weighted by Crippen LogP contribution is 2.24. The Morgan fingerprint density at radius 3 is 2.45 bits per heavy atom. The molecule has 0 radical (unpaired) electrons. The number of hydrogen-bond acceptors (Lipinski definition) is 7. The summed E-state index contributed by atoms with van der Waals surface area (Å²) >= 11 is 1.29. The van der Waals surface area contributed by atoms with Crippen molar-refractivity contribution >= 4 is 28.8 Å². The van der Waals surface area contributed by atoms with Gasteiger partial charge in [0.2, 0.25) is 5.01 Å². The number of nitrogens with zero attached hydrogens (tertiary/aromatic N) is 2. The molecule has 0 saturated carbocycles. The van der Waals surface area contributed by atoms with Crippen LogP contribution in [0.3, 0.4) is 0 Å². The summed E-state index contributed by atoms with van der Waals surface area (Å²) < 4.78 is 10.5. The summed E-state index contributed by atoms with van der Waals surface area (Å²) in [6.45, 7) is 2.36. The maximum atomic E-state index is 12.5. The molecule has 8 nitrogen and oxygen atoms in total. The van der Waals surface area contributed by atoms with E-state index in [9.17, 15) is 9.59 Å². The number of aromatic nitrogens is 2. The molecule has 2 N–H and O–H groups in total. The smallest absolute Gasteiger partial charge is 0.286 e. The fourth-order valence-corrected chi connectivity index (χ4v) is 3.66. The van der Waals surface area contributed by atoms with E-state index in [4.69, 9.17) is 9.47 Å². The first-order valence-electron chi connectivity index (χ1n) is 9.77. The minimum Gasteiger partial charge on any atom is -0.497 e. The number of carbonyl (C=O) groups excluding carboxylic acids is 2. The molecule has 1 aromatic heterocycles. The molecule has 0 saturated heterocycles. The van der Waals surface area contributed by atoms with Crippen molar-refractivity contribution < 1.29 is 19.1 Å². The Morgan fingerprint density at radius 2 is 1.77 bits per heavy atom. The summed E-state index contributed by atoms with van der Waals surface area (Å²) in [6, 6.07) is 12.1. The van der Waals surface area contributed by atoms with Crippen LogP contribution in [0.15, 0.2) is 42.5 Å². The van der Waals surface area contributed by atoms with Gasteiger partial charge < -0.3 is 20.1 Å². The molecule has 0 fully saturated rings. The Bertz CT molecular complexity index is 1050. The average molecular weight is 441 g/mol. The molecule has 0 bridgehead atoms. The molecule has 31 heavy (non-hydrogen) atoms. The van der Waals surface area contributed by atoms with Crippen molar-refractivity contribution in [2.45, 2.75) is 26.3 Å². The number of benzene rings is 2. The van der Waals surface area contributed by atoms with Gasteiger partial charge in [-0.25, -0.2) is 0 Å². The second kappa shape index (κ2) is 10.5. The summed E-state index contributed by atoms with van der Waals surface area (Å²) in [6.07, 6.45) is 1.75. The zero-order chi connectivity index (χ0) is 22.2. The van der Waals surface area contributed by atoms with Crippen molar-refractivity contribution in [1.29, 1.82) is 0 Å². The lowest BCUT2D eigenvalue weighted by molar-refractivity contribution is 0.0950. The van der Waals surface area contributed by atoms with Gasteiger partial charge in [0.1, 0.15) is 16.5 Å². The van der Waals surface area contributed by atoms with Crippen molar-refractivity contribution in [3.05, 3.63) is 63.6 Å². The lowest BCUT2D eigenvalue weighted by Crippen LogP contribution is -2.23. The highest BCUT2D eigenvalue weighted by molar-refractivity contribution is 7.13. The van der Waals surface area contributed by atoms with Gasteiger partial charge in [0.15, 0.2) is 0 Å². The highest BCUT2D eigenvalue weighted by atomic mass is 32.1. The van der Waals surface area contributed by atoms with E-state index in [1.54, 1.807) is 44.6 Å². The van der Waals surface area contributed by atoms with Gasteiger partial charge in [0.25, 0.3) is 11.8 Å². The molecule has 0 spiro atoms. The predicted octanol–water partition coefficient (Wildman–Crippen LogP) is 3.69. The van der Waals surface area contributed by atoms with E-state index >= 15 is 0 Å². The molecular weight excluding hydrogens is 416 g/mol. The third kappa shape index (κ3) is 5.79. The number of anilines is 1. The molecule has 2 amide bonds. The SMILES string of the molecule is CCCc1nnc(C(=O)Nc2ccc(C(=O)NCc3ccc(OC)cc3OC)cc2)s1. The van der Waals surface area contributed by atoms with Gasteiger partial charge in [-0.1, -0.05) is 18.3 Å². The van der Waals surface area contributed by atoms with Gasteiger partial charge in [0, 0.05) is 35.8 Å². The minimum absolute atomic E-state index is 0.232. The summed E-state index contributed by atoms with van der Waals surface area (Å²) in [5.41, 5.74) is 1.89. The second-order valence-electron chi connectivity index (χ2n) is 6.64. The number of methoxy groups -OCH3 is 2. The molecule has 162 valence electrons. The second-order valence-corrected chi connectivity index (χ2v) is 7.70. The van der Waals surface area contributed by atoms with Crippen molar-refractivity contribution in [2.24, 2.45) is 0 Å². The fraction of sp³-hybridized carbons (Fsp3) is 0.273. The lowest BCUT2D eigenvalue weighted by Gasteiger charge is -2.11. The van der Waals surface area contributed by atoms with Crippen LogP contribution in [0.5, 0.6) is 11.5 Å². The van der Waals surface area contributed by atoms with E-state index in [0.29, 0.717) is 34.3 Å². The van der Waals surface area contributed by atoms with Crippen LogP contribution in [-0.4, -0.2) is 36.2 Å². The highest BCUT2D eigenvalue weighted by Gasteiger charge is 2.14. The third-order valence-electron chi connectivity index (χ3n) is 4.46. The first-order chi connectivity index (χ1) is 15.0. The molecule has 0 aliphatic rings. The number of ether oxygens (including phenoxy) is 2. The van der Waals surface area contributed by atoms with Gasteiger partial charge in [-0.3, -0.25) is 9.59 Å². The van der Waals surface area contributed by atoms with E-state index < -0.39 is 0 Å². The molecule has 0 atom stereocenters. The standard InChI is InChI=1S/C22H24N4O4S/c1-4-5-19-25-26-22(31-19)21(28)24-16-9-6-14(7-10-16)20(27)23-13-15-8-11-17(29-2)12-18(15)30-3/h6-12H,4-5,13H2,1-3H3,(H,23,27)(H,24,28). The van der Waals surface area contributed by atoms with Crippen LogP contribution in [0.2, 0.25) is 0 Å². The van der Waals surface area contributed by atoms with E-state index in [1.807, 2.05) is 19.1 Å². The molecule has 1 heterocycles. The first-order valence-corrected chi connectivity index (χ1v) is 10.6. The Labute approximate surface area is 184 Å². The topological polar surface area (TPSA) is 102 Å². The van der Waals surface area contributed by atoms with Crippen LogP contribution < -0.4 is 20.1 Å². The quantitative estimate of drug-likeness (QED) is 0.526. The molecule has 3 aromatic rings. The van der Waals surface area contributed by atoms with E-state index in [0.717, 1.165) is 23.4 Å². The Morgan fingerprint density at radius 1 is 1.00 bits per heavy atom. The van der Waals surface area contributed by atoms with Crippen LogP contribution in [0.25, 0.3) is 0 Å². The van der Waals surface area contributed by atoms with E-state index in [2.05, 4.69) is 20.8 Å². The summed E-state index contributed by atoms with van der Waals surface area (Å²) in [4.78, 5) is 24.8. The van der Waals surface area contributed by atoms with Gasteiger partial charge >= 0.3 is 0 Å². The van der Waals surface area contributed by atoms with Crippen molar-refractivity contribution in [3.8, 4) is 11.5 Å². The number of amides is 2. The summed E-state index contributed by atoms with van der Waals surface area (Å²) in [5.74, 6) is 0.767. The largest absolute Gasteiger partial charge is 0.497 e. The molecule has 2 aromatic carbocycles. The maximum absolute atomic E-state index is 12.5. The fourth-order valence-electron chi connectivity index (χ4n) is 2.83. The normalized spacial score (nSPS) is 10.4. The van der Waals surface area contributed by atoms with Gasteiger partial charge in [-0.2, -0.15) is 0 Å². The minimum atomic E-state index is -0.316. The van der Waals surface area contributed by atoms with Gasteiger partial charge in [-0.05, 0) is 42.8 Å². The zero-order valence-electron chi connectivity index (χ0n) is 17.6. The monoisotopic (exact) mass is 440 g/mol. The van der Waals surface area contributed by atoms with Gasteiger partial charge in [0.05, 0.1) is 14.2 Å². The Balaban J connectivity index is 1.58. The number of nitrogens with one attached hydrogen (secondary N) is 2. The van der Waals surface area contributed by atoms with Crippen LogP contribution in [0, 0.1) is 0 Å². The van der Waals surface area contributed by atoms with Crippen LogP contribution in [0.4, 0.5) is 5.69 Å². The summed E-state index contributed by atoms with van der Waals surface area (Å²) in [5, 5.41) is 14.7. The molecular formula is C22H24N4O4S. The number of hydrogen-bond donors (Lipinski definition) is 2. The predicted molar refractivity (Wildman–Crippen MR) is 119 cm³/mol. The average Bonchev–Trinajstić information content (AvgIpc) is 3.27. The van der Waals surface area contributed by atoms with Crippen LogP contribution in [0.1, 0.15) is 44.1 Å². The maximum Gasteiger partial charge on any atom is 0.286 e. The molecule has 9 heteroatoms. The zero-order valence-corrected chi connectivity index (χ0v) is 18.4. The third-order valence-corrected chi connectivity index (χ3v) is 5.45. The Kier molecular flexibility index (Phi) is 7.55. The van der Waals surface area contributed by atoms with Crippen molar-refractivity contribution in [1.82, 2.24) is 15.5 Å². The van der Waals surface area contributed by atoms with E-state index in [-0.39, 0.29) is 11.8 Å². The molecule has 0 aliphatic heterocycles. The molecule has 3 rings (SSSR count). The number of carbonyl (C=O) groups is 2. The number of rotatable bonds is 9. The summed E-state index contributed by atoms with van der Waals surface area (Å²) in [7, 11) is 3.15. The van der Waals surface area contributed by atoms with E-state index in [1.165, 1.54) is 11.3 Å². The van der Waals surface area contributed by atoms with Crippen LogP contribution in [-0.2, 0) is 13.0 Å².